The van der Waals surface area contributed by atoms with Gasteiger partial charge in [-0.3, -0.25) is 4.79 Å². The average Bonchev–Trinajstić information content (AvgIpc) is 2.84. The Labute approximate surface area is 117 Å². The summed E-state index contributed by atoms with van der Waals surface area (Å²) in [5.74, 6) is -0.0841. The van der Waals surface area contributed by atoms with E-state index in [1.165, 1.54) is 12.1 Å². The Morgan fingerprint density at radius 1 is 1.45 bits per heavy atom. The predicted molar refractivity (Wildman–Crippen MR) is 72.6 cm³/mol. The van der Waals surface area contributed by atoms with Crippen molar-refractivity contribution in [3.63, 3.8) is 0 Å². The highest BCUT2D eigenvalue weighted by molar-refractivity contribution is 7.91. The highest BCUT2D eigenvalue weighted by atomic mass is 32.2. The van der Waals surface area contributed by atoms with E-state index < -0.39 is 9.84 Å². The Morgan fingerprint density at radius 3 is 2.90 bits per heavy atom. The van der Waals surface area contributed by atoms with E-state index in [2.05, 4.69) is 10.6 Å². The molecule has 1 aliphatic rings. The van der Waals surface area contributed by atoms with Crippen LogP contribution in [0.15, 0.2) is 29.2 Å². The normalized spacial score (nSPS) is 18.6. The number of benzene rings is 1. The van der Waals surface area contributed by atoms with Crippen molar-refractivity contribution in [2.45, 2.75) is 17.4 Å². The summed E-state index contributed by atoms with van der Waals surface area (Å²) in [6, 6.07) is 7.88. The summed E-state index contributed by atoms with van der Waals surface area (Å²) in [7, 11) is -3.42. The minimum Gasteiger partial charge on any atom is -0.354 e. The summed E-state index contributed by atoms with van der Waals surface area (Å²) < 4.78 is 24.2. The van der Waals surface area contributed by atoms with Gasteiger partial charge >= 0.3 is 0 Å². The molecule has 7 heteroatoms. The third kappa shape index (κ3) is 3.56. The molecular weight excluding hydrogens is 278 g/mol. The fourth-order valence-corrected chi connectivity index (χ4v) is 3.24. The topological polar surface area (TPSA) is 99.1 Å². The van der Waals surface area contributed by atoms with Crippen LogP contribution in [-0.2, 0) is 14.6 Å². The molecule has 1 heterocycles. The molecule has 106 valence electrons. The Bertz CT molecular complexity index is 649. The Morgan fingerprint density at radius 2 is 2.25 bits per heavy atom. The molecule has 1 atom stereocenters. The molecular formula is C13H15N3O3S. The highest BCUT2D eigenvalue weighted by Crippen LogP contribution is 2.12. The van der Waals surface area contributed by atoms with E-state index in [4.69, 9.17) is 5.26 Å². The molecule has 1 unspecified atom stereocenters. The summed E-state index contributed by atoms with van der Waals surface area (Å²) in [5.41, 5.74) is 0.324. The first-order valence-corrected chi connectivity index (χ1v) is 7.89. The van der Waals surface area contributed by atoms with E-state index in [0.717, 1.165) is 0 Å². The van der Waals surface area contributed by atoms with Crippen LogP contribution in [-0.4, -0.2) is 39.2 Å². The summed E-state index contributed by atoms with van der Waals surface area (Å²) in [6.45, 7) is 0.807. The van der Waals surface area contributed by atoms with Gasteiger partial charge in [0.1, 0.15) is 0 Å². The maximum Gasteiger partial charge on any atom is 0.221 e. The van der Waals surface area contributed by atoms with Gasteiger partial charge in [-0.1, -0.05) is 6.07 Å². The molecule has 1 aliphatic heterocycles. The monoisotopic (exact) mass is 293 g/mol. The lowest BCUT2D eigenvalue weighted by Gasteiger charge is -2.10. The van der Waals surface area contributed by atoms with Gasteiger partial charge in [-0.25, -0.2) is 8.42 Å². The molecule has 6 nitrogen and oxygen atoms in total. The fraction of sp³-hybridized carbons (Fsp3) is 0.385. The first-order valence-electron chi connectivity index (χ1n) is 6.24. The molecule has 1 aromatic rings. The van der Waals surface area contributed by atoms with Crippen LogP contribution in [0, 0.1) is 11.3 Å². The number of nitrogens with zero attached hydrogens (tertiary/aromatic N) is 1. The van der Waals surface area contributed by atoms with E-state index >= 15 is 0 Å². The van der Waals surface area contributed by atoms with E-state index in [9.17, 15) is 13.2 Å². The molecule has 0 saturated carbocycles. The maximum absolute atomic E-state index is 12.1. The van der Waals surface area contributed by atoms with Crippen molar-refractivity contribution in [2.75, 3.05) is 18.8 Å². The molecule has 0 spiro atoms. The Kier molecular flexibility index (Phi) is 4.37. The van der Waals surface area contributed by atoms with E-state index in [1.807, 2.05) is 6.07 Å². The number of nitrogens with one attached hydrogen (secondary N) is 2. The average molecular weight is 293 g/mol. The van der Waals surface area contributed by atoms with E-state index in [1.54, 1.807) is 12.1 Å². The first-order chi connectivity index (χ1) is 9.51. The van der Waals surface area contributed by atoms with Crippen molar-refractivity contribution in [1.82, 2.24) is 10.6 Å². The van der Waals surface area contributed by atoms with Crippen molar-refractivity contribution in [3.8, 4) is 6.07 Å². The molecule has 0 bridgehead atoms. The van der Waals surface area contributed by atoms with Crippen molar-refractivity contribution in [1.29, 1.82) is 5.26 Å². The number of nitriles is 1. The second kappa shape index (κ2) is 6.03. The molecule has 20 heavy (non-hydrogen) atoms. The van der Waals surface area contributed by atoms with Crippen LogP contribution in [0.5, 0.6) is 0 Å². The van der Waals surface area contributed by atoms with Crippen molar-refractivity contribution in [3.05, 3.63) is 29.8 Å². The van der Waals surface area contributed by atoms with E-state index in [-0.39, 0.29) is 29.1 Å². The molecule has 1 amide bonds. The van der Waals surface area contributed by atoms with Crippen LogP contribution in [0.4, 0.5) is 0 Å². The number of sulfone groups is 1. The minimum absolute atomic E-state index is 0.0110. The van der Waals surface area contributed by atoms with Crippen LogP contribution in [0.2, 0.25) is 0 Å². The van der Waals surface area contributed by atoms with E-state index in [0.29, 0.717) is 18.5 Å². The lowest BCUT2D eigenvalue weighted by atomic mass is 10.2. The lowest BCUT2D eigenvalue weighted by molar-refractivity contribution is -0.119. The maximum atomic E-state index is 12.1. The number of hydrogen-bond acceptors (Lipinski definition) is 5. The van der Waals surface area contributed by atoms with Crippen molar-refractivity contribution >= 4 is 15.7 Å². The highest BCUT2D eigenvalue weighted by Gasteiger charge is 2.21. The van der Waals surface area contributed by atoms with Crippen LogP contribution >= 0.6 is 0 Å². The molecule has 1 aromatic carbocycles. The number of amides is 1. The summed E-state index contributed by atoms with van der Waals surface area (Å²) in [5, 5.41) is 14.5. The third-order valence-electron chi connectivity index (χ3n) is 3.10. The van der Waals surface area contributed by atoms with Gasteiger partial charge in [0.15, 0.2) is 9.84 Å². The minimum atomic E-state index is -3.42. The largest absolute Gasteiger partial charge is 0.354 e. The second-order valence-electron chi connectivity index (χ2n) is 4.62. The predicted octanol–water partition coefficient (Wildman–Crippen LogP) is -0.190. The fourth-order valence-electron chi connectivity index (χ4n) is 2.02. The molecule has 2 N–H and O–H groups in total. The molecule has 2 rings (SSSR count). The molecule has 0 radical (unpaired) electrons. The van der Waals surface area contributed by atoms with Gasteiger partial charge in [0.25, 0.3) is 0 Å². The quantitative estimate of drug-likeness (QED) is 0.784. The number of rotatable bonds is 5. The number of carbonyl (C=O) groups is 1. The first kappa shape index (κ1) is 14.5. The standard InChI is InChI=1S/C13H15N3O3S/c14-8-10-2-1-3-12(6-10)20(18,19)5-4-15-11-7-13(17)16-9-11/h1-3,6,11,15H,4-5,7,9H2,(H,16,17). The number of hydrogen-bond donors (Lipinski definition) is 2. The van der Waals surface area contributed by atoms with Crippen LogP contribution in [0.25, 0.3) is 0 Å². The van der Waals surface area contributed by atoms with Crippen LogP contribution in [0.3, 0.4) is 0 Å². The van der Waals surface area contributed by atoms with Gasteiger partial charge in [0.2, 0.25) is 5.91 Å². The smallest absolute Gasteiger partial charge is 0.221 e. The Balaban J connectivity index is 1.94. The lowest BCUT2D eigenvalue weighted by Crippen LogP contribution is -2.34. The van der Waals surface area contributed by atoms with Gasteiger partial charge < -0.3 is 10.6 Å². The van der Waals surface area contributed by atoms with Gasteiger partial charge in [0, 0.05) is 25.6 Å². The van der Waals surface area contributed by atoms with Gasteiger partial charge in [-0.05, 0) is 18.2 Å². The molecule has 0 aliphatic carbocycles. The molecule has 1 saturated heterocycles. The van der Waals surface area contributed by atoms with Gasteiger partial charge in [-0.2, -0.15) is 5.26 Å². The van der Waals surface area contributed by atoms with Crippen LogP contribution < -0.4 is 10.6 Å². The zero-order chi connectivity index (χ0) is 14.6. The van der Waals surface area contributed by atoms with Crippen LogP contribution in [0.1, 0.15) is 12.0 Å². The van der Waals surface area contributed by atoms with Gasteiger partial charge in [-0.15, -0.1) is 0 Å². The van der Waals surface area contributed by atoms with Crippen molar-refractivity contribution in [2.24, 2.45) is 0 Å². The summed E-state index contributed by atoms with van der Waals surface area (Å²) >= 11 is 0. The third-order valence-corrected chi connectivity index (χ3v) is 4.82. The van der Waals surface area contributed by atoms with Crippen molar-refractivity contribution < 1.29 is 13.2 Å². The zero-order valence-corrected chi connectivity index (χ0v) is 11.6. The Hall–Kier alpha value is -1.91. The summed E-state index contributed by atoms with van der Waals surface area (Å²) in [6.07, 6.45) is 0.379. The molecule has 1 fully saturated rings. The number of carbonyl (C=O) groups excluding carboxylic acids is 1. The summed E-state index contributed by atoms with van der Waals surface area (Å²) in [4.78, 5) is 11.2. The SMILES string of the molecule is N#Cc1cccc(S(=O)(=O)CCNC2CNC(=O)C2)c1. The van der Waals surface area contributed by atoms with Gasteiger partial charge in [0.05, 0.1) is 22.3 Å². The zero-order valence-electron chi connectivity index (χ0n) is 10.8. The second-order valence-corrected chi connectivity index (χ2v) is 6.73. The molecule has 0 aromatic heterocycles.